The quantitative estimate of drug-likeness (QED) is 0.734. The highest BCUT2D eigenvalue weighted by atomic mass is 32.2. The van der Waals surface area contributed by atoms with Crippen molar-refractivity contribution in [2.24, 2.45) is 5.92 Å². The summed E-state index contributed by atoms with van der Waals surface area (Å²) in [6.07, 6.45) is 2.61. The minimum Gasteiger partial charge on any atom is -0.492 e. The largest absolute Gasteiger partial charge is 0.492 e. The van der Waals surface area contributed by atoms with Gasteiger partial charge < -0.3 is 9.64 Å². The van der Waals surface area contributed by atoms with Gasteiger partial charge in [0.25, 0.3) is 0 Å². The highest BCUT2D eigenvalue weighted by molar-refractivity contribution is 7.89. The van der Waals surface area contributed by atoms with Crippen LogP contribution in [0.1, 0.15) is 36.5 Å². The van der Waals surface area contributed by atoms with Crippen LogP contribution in [0.2, 0.25) is 0 Å². The molecule has 1 aliphatic heterocycles. The summed E-state index contributed by atoms with van der Waals surface area (Å²) in [7, 11) is -3.68. The predicted octanol–water partition coefficient (Wildman–Crippen LogP) is 3.35. The molecular formula is C23H28N2O4S. The fourth-order valence-corrected chi connectivity index (χ4v) is 5.00. The molecule has 2 aromatic rings. The summed E-state index contributed by atoms with van der Waals surface area (Å²) in [5.74, 6) is 1.04. The average Bonchev–Trinajstić information content (AvgIpc) is 3.47. The van der Waals surface area contributed by atoms with Crippen molar-refractivity contribution in [2.75, 3.05) is 18.1 Å². The predicted molar refractivity (Wildman–Crippen MR) is 116 cm³/mol. The Balaban J connectivity index is 1.40. The first kappa shape index (κ1) is 20.9. The van der Waals surface area contributed by atoms with Crippen molar-refractivity contribution < 1.29 is 17.9 Å². The first-order valence-electron chi connectivity index (χ1n) is 10.4. The minimum atomic E-state index is -3.68. The summed E-state index contributed by atoms with van der Waals surface area (Å²) in [5, 5.41) is 0. The van der Waals surface area contributed by atoms with Gasteiger partial charge in [0, 0.05) is 18.2 Å². The van der Waals surface area contributed by atoms with Crippen LogP contribution in [0.5, 0.6) is 5.75 Å². The number of fused-ring (bicyclic) bond motifs is 1. The zero-order chi connectivity index (χ0) is 21.5. The van der Waals surface area contributed by atoms with E-state index in [-0.39, 0.29) is 23.3 Å². The van der Waals surface area contributed by atoms with Crippen LogP contribution in [0.25, 0.3) is 0 Å². The van der Waals surface area contributed by atoms with E-state index in [1.807, 2.05) is 32.0 Å². The van der Waals surface area contributed by atoms with E-state index in [1.54, 1.807) is 30.0 Å². The molecule has 6 nitrogen and oxygen atoms in total. The van der Waals surface area contributed by atoms with Gasteiger partial charge in [0.2, 0.25) is 15.9 Å². The third-order valence-corrected chi connectivity index (χ3v) is 7.37. The SMILES string of the molecule is Cc1ccc(OC[C@H](C)NS(=O)(=O)c2ccc3c(c2)CCN3C(=O)C2CC2)cc1C. The Labute approximate surface area is 178 Å². The van der Waals surface area contributed by atoms with Crippen molar-refractivity contribution in [3.63, 3.8) is 0 Å². The van der Waals surface area contributed by atoms with Crippen LogP contribution in [0.4, 0.5) is 5.69 Å². The van der Waals surface area contributed by atoms with Gasteiger partial charge in [0.1, 0.15) is 12.4 Å². The van der Waals surface area contributed by atoms with Crippen LogP contribution >= 0.6 is 0 Å². The van der Waals surface area contributed by atoms with Crippen molar-refractivity contribution in [2.45, 2.75) is 51.0 Å². The average molecular weight is 429 g/mol. The molecule has 4 rings (SSSR count). The topological polar surface area (TPSA) is 75.7 Å². The van der Waals surface area contributed by atoms with Crippen molar-refractivity contribution >= 4 is 21.6 Å². The third-order valence-electron chi connectivity index (χ3n) is 5.78. The first-order chi connectivity index (χ1) is 14.2. The Kier molecular flexibility index (Phi) is 5.59. The van der Waals surface area contributed by atoms with E-state index in [2.05, 4.69) is 4.72 Å². The molecule has 1 fully saturated rings. The fourth-order valence-electron chi connectivity index (χ4n) is 3.72. The maximum absolute atomic E-state index is 12.8. The highest BCUT2D eigenvalue weighted by Crippen LogP contribution is 2.37. The number of amides is 1. The zero-order valence-electron chi connectivity index (χ0n) is 17.6. The number of nitrogens with one attached hydrogen (secondary N) is 1. The number of hydrogen-bond acceptors (Lipinski definition) is 4. The molecule has 1 N–H and O–H groups in total. The van der Waals surface area contributed by atoms with E-state index >= 15 is 0 Å². The number of carbonyl (C=O) groups is 1. The molecule has 1 heterocycles. The summed E-state index contributed by atoms with van der Waals surface area (Å²) < 4.78 is 34.1. The lowest BCUT2D eigenvalue weighted by molar-refractivity contribution is -0.119. The Morgan fingerprint density at radius 2 is 1.93 bits per heavy atom. The van der Waals surface area contributed by atoms with E-state index in [9.17, 15) is 13.2 Å². The molecule has 0 radical (unpaired) electrons. The Bertz CT molecular complexity index is 1080. The van der Waals surface area contributed by atoms with Crippen LogP contribution < -0.4 is 14.4 Å². The number of sulfonamides is 1. The van der Waals surface area contributed by atoms with Gasteiger partial charge in [-0.1, -0.05) is 6.07 Å². The van der Waals surface area contributed by atoms with E-state index in [0.717, 1.165) is 35.4 Å². The van der Waals surface area contributed by atoms with Crippen LogP contribution in [-0.2, 0) is 21.2 Å². The number of rotatable bonds is 7. The van der Waals surface area contributed by atoms with Gasteiger partial charge in [0.15, 0.2) is 0 Å². The van der Waals surface area contributed by atoms with Crippen molar-refractivity contribution in [3.05, 3.63) is 53.1 Å². The molecule has 1 atom stereocenters. The monoisotopic (exact) mass is 428 g/mol. The molecular weight excluding hydrogens is 400 g/mol. The van der Waals surface area contributed by atoms with Gasteiger partial charge in [-0.3, -0.25) is 4.79 Å². The van der Waals surface area contributed by atoms with Crippen LogP contribution in [0.3, 0.4) is 0 Å². The van der Waals surface area contributed by atoms with E-state index in [0.29, 0.717) is 13.0 Å². The second kappa shape index (κ2) is 8.04. The Hall–Kier alpha value is -2.38. The number of nitrogens with zero attached hydrogens (tertiary/aromatic N) is 1. The third kappa shape index (κ3) is 4.37. The number of hydrogen-bond donors (Lipinski definition) is 1. The standard InChI is InChI=1S/C23H28N2O4S/c1-15-4-7-20(12-16(15)2)29-14-17(3)24-30(27,28)21-8-9-22-19(13-21)10-11-25(22)23(26)18-5-6-18/h4,7-9,12-13,17-18,24H,5-6,10-11,14H2,1-3H3/t17-/m0/s1. The molecule has 0 bridgehead atoms. The minimum absolute atomic E-state index is 0.152. The number of carbonyl (C=O) groups excluding carboxylic acids is 1. The van der Waals surface area contributed by atoms with Gasteiger partial charge in [-0.05, 0) is 87.1 Å². The molecule has 1 amide bonds. The summed E-state index contributed by atoms with van der Waals surface area (Å²) in [5.41, 5.74) is 4.07. The molecule has 1 saturated carbocycles. The van der Waals surface area contributed by atoms with Gasteiger partial charge in [-0.25, -0.2) is 13.1 Å². The molecule has 0 spiro atoms. The van der Waals surface area contributed by atoms with E-state index in [1.165, 1.54) is 5.56 Å². The molecule has 2 aliphatic rings. The molecule has 160 valence electrons. The van der Waals surface area contributed by atoms with Crippen LogP contribution in [-0.4, -0.2) is 33.5 Å². The second-order valence-corrected chi connectivity index (χ2v) is 10.1. The van der Waals surface area contributed by atoms with Crippen molar-refractivity contribution in [3.8, 4) is 5.75 Å². The second-order valence-electron chi connectivity index (χ2n) is 8.38. The first-order valence-corrected chi connectivity index (χ1v) is 11.9. The van der Waals surface area contributed by atoms with E-state index < -0.39 is 16.1 Å². The van der Waals surface area contributed by atoms with Crippen molar-refractivity contribution in [1.82, 2.24) is 4.72 Å². The molecule has 0 unspecified atom stereocenters. The summed E-state index contributed by atoms with van der Waals surface area (Å²) in [6, 6.07) is 10.5. The Morgan fingerprint density at radius 3 is 2.63 bits per heavy atom. The maximum atomic E-state index is 12.8. The van der Waals surface area contributed by atoms with E-state index in [4.69, 9.17) is 4.74 Å². The number of anilines is 1. The lowest BCUT2D eigenvalue weighted by Crippen LogP contribution is -2.36. The number of aryl methyl sites for hydroxylation is 2. The zero-order valence-corrected chi connectivity index (χ0v) is 18.5. The molecule has 30 heavy (non-hydrogen) atoms. The summed E-state index contributed by atoms with van der Waals surface area (Å²) in [4.78, 5) is 14.4. The van der Waals surface area contributed by atoms with Gasteiger partial charge >= 0.3 is 0 Å². The normalized spacial score (nSPS) is 17.0. The maximum Gasteiger partial charge on any atom is 0.240 e. The lowest BCUT2D eigenvalue weighted by atomic mass is 10.1. The molecule has 1 aliphatic carbocycles. The molecule has 0 aromatic heterocycles. The van der Waals surface area contributed by atoms with Gasteiger partial charge in [-0.15, -0.1) is 0 Å². The fraction of sp³-hybridized carbons (Fsp3) is 0.435. The highest BCUT2D eigenvalue weighted by Gasteiger charge is 2.36. The smallest absolute Gasteiger partial charge is 0.240 e. The molecule has 0 saturated heterocycles. The van der Waals surface area contributed by atoms with Gasteiger partial charge in [0.05, 0.1) is 10.9 Å². The molecule has 7 heteroatoms. The summed E-state index contributed by atoms with van der Waals surface area (Å²) >= 11 is 0. The summed E-state index contributed by atoms with van der Waals surface area (Å²) in [6.45, 7) is 6.69. The van der Waals surface area contributed by atoms with Crippen LogP contribution in [0.15, 0.2) is 41.3 Å². The Morgan fingerprint density at radius 1 is 1.17 bits per heavy atom. The van der Waals surface area contributed by atoms with Crippen LogP contribution in [0, 0.1) is 19.8 Å². The molecule has 2 aromatic carbocycles. The van der Waals surface area contributed by atoms with Gasteiger partial charge in [-0.2, -0.15) is 0 Å². The number of ether oxygens (including phenoxy) is 1. The number of benzene rings is 2. The lowest BCUT2D eigenvalue weighted by Gasteiger charge is -2.18. The van der Waals surface area contributed by atoms with Crippen molar-refractivity contribution in [1.29, 1.82) is 0 Å².